The largest absolute Gasteiger partial charge is 0.481 e. The Kier molecular flexibility index (Phi) is 18.7. The van der Waals surface area contributed by atoms with Crippen LogP contribution in [-0.2, 0) is 19.1 Å². The van der Waals surface area contributed by atoms with Crippen molar-refractivity contribution >= 4 is 29.8 Å². The van der Waals surface area contributed by atoms with E-state index in [1.807, 2.05) is 20.8 Å². The summed E-state index contributed by atoms with van der Waals surface area (Å²) in [6.45, 7) is 5.71. The summed E-state index contributed by atoms with van der Waals surface area (Å²) in [5.41, 5.74) is -0.379. The molecule has 0 rings (SSSR count). The number of carbonyl (C=O) groups excluding carboxylic acids is 2. The van der Waals surface area contributed by atoms with Crippen molar-refractivity contribution in [2.45, 2.75) is 129 Å². The van der Waals surface area contributed by atoms with E-state index in [4.69, 9.17) is 9.84 Å². The first-order valence-corrected chi connectivity index (χ1v) is 13.0. The maximum Gasteiger partial charge on any atom is 0.306 e. The van der Waals surface area contributed by atoms with E-state index in [2.05, 4.69) is 4.72 Å². The van der Waals surface area contributed by atoms with Gasteiger partial charge >= 0.3 is 11.9 Å². The number of aliphatic carboxylic acids is 1. The van der Waals surface area contributed by atoms with Gasteiger partial charge in [0.1, 0.15) is 5.60 Å². The van der Waals surface area contributed by atoms with E-state index in [9.17, 15) is 14.4 Å². The zero-order chi connectivity index (χ0) is 23.4. The first-order chi connectivity index (χ1) is 14.7. The molecule has 2 N–H and O–H groups in total. The molecule has 0 fully saturated rings. The van der Waals surface area contributed by atoms with Gasteiger partial charge in [0.25, 0.3) is 0 Å². The van der Waals surface area contributed by atoms with Crippen LogP contribution in [0, 0.1) is 0 Å². The van der Waals surface area contributed by atoms with E-state index in [-0.39, 0.29) is 23.9 Å². The van der Waals surface area contributed by atoms with Gasteiger partial charge in [0.05, 0.1) is 0 Å². The van der Waals surface area contributed by atoms with Gasteiger partial charge in [-0.05, 0) is 40.0 Å². The van der Waals surface area contributed by atoms with Crippen molar-refractivity contribution in [1.82, 2.24) is 4.72 Å². The van der Waals surface area contributed by atoms with E-state index in [1.54, 1.807) is 0 Å². The van der Waals surface area contributed by atoms with Gasteiger partial charge in [-0.2, -0.15) is 0 Å². The molecular weight excluding hydrogens is 414 g/mol. The highest BCUT2D eigenvalue weighted by atomic mass is 32.2. The van der Waals surface area contributed by atoms with E-state index < -0.39 is 5.97 Å². The summed E-state index contributed by atoms with van der Waals surface area (Å²) in [6.07, 6.45) is 15.8. The minimum absolute atomic E-state index is 0.0476. The second kappa shape index (κ2) is 19.4. The minimum atomic E-state index is -0.793. The van der Waals surface area contributed by atoms with Crippen LogP contribution in [0.15, 0.2) is 0 Å². The third kappa shape index (κ3) is 24.9. The molecule has 0 saturated heterocycles. The molecule has 0 aliphatic heterocycles. The molecule has 0 aromatic carbocycles. The first kappa shape index (κ1) is 29.8. The number of carboxylic acids is 1. The normalized spacial score (nSPS) is 11.3. The highest BCUT2D eigenvalue weighted by molar-refractivity contribution is 7.97. The average Bonchev–Trinajstić information content (AvgIpc) is 2.66. The molecule has 31 heavy (non-hydrogen) atoms. The lowest BCUT2D eigenvalue weighted by Gasteiger charge is -2.19. The van der Waals surface area contributed by atoms with Gasteiger partial charge in [0.15, 0.2) is 0 Å². The molecule has 0 aromatic heterocycles. The molecule has 0 radical (unpaired) electrons. The third-order valence-corrected chi connectivity index (χ3v) is 5.64. The molecule has 0 aliphatic rings. The lowest BCUT2D eigenvalue weighted by molar-refractivity contribution is -0.155. The summed E-state index contributed by atoms with van der Waals surface area (Å²) in [5, 5.41) is 8.54. The van der Waals surface area contributed by atoms with Gasteiger partial charge in [-0.3, -0.25) is 14.4 Å². The van der Waals surface area contributed by atoms with E-state index >= 15 is 0 Å². The molecular formula is C24H45NO5S. The van der Waals surface area contributed by atoms with Gasteiger partial charge in [0.2, 0.25) is 5.91 Å². The number of carboxylic acid groups (broad SMARTS) is 1. The fourth-order valence-electron chi connectivity index (χ4n) is 3.19. The van der Waals surface area contributed by atoms with Crippen molar-refractivity contribution in [2.24, 2.45) is 0 Å². The molecule has 0 saturated carbocycles. The Hall–Kier alpha value is -1.24. The molecule has 0 aromatic rings. The number of esters is 1. The van der Waals surface area contributed by atoms with Crippen molar-refractivity contribution in [1.29, 1.82) is 0 Å². The molecule has 0 bridgehead atoms. The number of nitrogens with one attached hydrogen (secondary N) is 1. The van der Waals surface area contributed by atoms with Crippen molar-refractivity contribution in [3.8, 4) is 0 Å². The molecule has 1 amide bonds. The summed E-state index contributed by atoms with van der Waals surface area (Å²) in [6, 6.07) is 0. The SMILES string of the molecule is CC(C)(C)OC(=O)CCCCCCCCCCCCCCC(=O)NSCCCC(=O)O. The quantitative estimate of drug-likeness (QED) is 0.124. The monoisotopic (exact) mass is 459 g/mol. The number of hydrogen-bond donors (Lipinski definition) is 2. The van der Waals surface area contributed by atoms with Crippen molar-refractivity contribution in [3.05, 3.63) is 0 Å². The lowest BCUT2D eigenvalue weighted by Crippen LogP contribution is -2.23. The van der Waals surface area contributed by atoms with E-state index in [0.717, 1.165) is 25.7 Å². The molecule has 0 unspecified atom stereocenters. The van der Waals surface area contributed by atoms with Crippen molar-refractivity contribution in [3.63, 3.8) is 0 Å². The Morgan fingerprint density at radius 1 is 0.710 bits per heavy atom. The number of hydrogen-bond acceptors (Lipinski definition) is 5. The summed E-state index contributed by atoms with van der Waals surface area (Å²) < 4.78 is 8.09. The lowest BCUT2D eigenvalue weighted by atomic mass is 10.0. The second-order valence-corrected chi connectivity index (χ2v) is 10.1. The minimum Gasteiger partial charge on any atom is -0.481 e. The topological polar surface area (TPSA) is 92.7 Å². The number of rotatable bonds is 20. The Morgan fingerprint density at radius 2 is 1.16 bits per heavy atom. The van der Waals surface area contributed by atoms with Crippen LogP contribution in [0.2, 0.25) is 0 Å². The Balaban J connectivity index is 3.25. The number of ether oxygens (including phenoxy) is 1. The summed E-state index contributed by atoms with van der Waals surface area (Å²) in [7, 11) is 0. The number of carbonyl (C=O) groups is 3. The van der Waals surface area contributed by atoms with Crippen LogP contribution in [0.5, 0.6) is 0 Å². The Labute approximate surface area is 193 Å². The van der Waals surface area contributed by atoms with Crippen LogP contribution in [0.25, 0.3) is 0 Å². The molecule has 182 valence electrons. The van der Waals surface area contributed by atoms with Crippen LogP contribution < -0.4 is 4.72 Å². The molecule has 0 heterocycles. The van der Waals surface area contributed by atoms with Crippen LogP contribution in [0.4, 0.5) is 0 Å². The summed E-state index contributed by atoms with van der Waals surface area (Å²) in [4.78, 5) is 33.7. The second-order valence-electron chi connectivity index (χ2n) is 9.20. The smallest absolute Gasteiger partial charge is 0.306 e. The zero-order valence-electron chi connectivity index (χ0n) is 20.0. The highest BCUT2D eigenvalue weighted by Gasteiger charge is 2.15. The first-order valence-electron chi connectivity index (χ1n) is 12.0. The van der Waals surface area contributed by atoms with E-state index in [0.29, 0.717) is 25.0 Å². The highest BCUT2D eigenvalue weighted by Crippen LogP contribution is 2.14. The van der Waals surface area contributed by atoms with Gasteiger partial charge < -0.3 is 14.6 Å². The van der Waals surface area contributed by atoms with Crippen molar-refractivity contribution in [2.75, 3.05) is 5.75 Å². The predicted octanol–water partition coefficient (Wildman–Crippen LogP) is 6.42. The maximum atomic E-state index is 11.7. The fourth-order valence-corrected chi connectivity index (χ4v) is 3.85. The molecule has 0 aliphatic carbocycles. The van der Waals surface area contributed by atoms with Crippen LogP contribution in [0.1, 0.15) is 124 Å². The fraction of sp³-hybridized carbons (Fsp3) is 0.875. The molecule has 0 atom stereocenters. The summed E-state index contributed by atoms with van der Waals surface area (Å²) in [5.74, 6) is -0.185. The standard InChI is InChI=1S/C24H45NO5S/c1-24(2,3)30-23(29)19-15-13-11-9-7-5-4-6-8-10-12-14-17-21(26)25-31-20-16-18-22(27)28/h4-20H2,1-3H3,(H,25,26)(H,27,28). The summed E-state index contributed by atoms with van der Waals surface area (Å²) >= 11 is 1.31. The van der Waals surface area contributed by atoms with Gasteiger partial charge in [-0.25, -0.2) is 0 Å². The Bertz CT molecular complexity index is 491. The average molecular weight is 460 g/mol. The van der Waals surface area contributed by atoms with E-state index in [1.165, 1.54) is 63.3 Å². The van der Waals surface area contributed by atoms with Crippen molar-refractivity contribution < 1.29 is 24.2 Å². The van der Waals surface area contributed by atoms with Crippen LogP contribution >= 0.6 is 11.9 Å². The zero-order valence-corrected chi connectivity index (χ0v) is 20.8. The van der Waals surface area contributed by atoms with Gasteiger partial charge in [-0.15, -0.1) is 0 Å². The predicted molar refractivity (Wildman–Crippen MR) is 128 cm³/mol. The van der Waals surface area contributed by atoms with Gasteiger partial charge in [0, 0.05) is 25.0 Å². The third-order valence-electron chi connectivity index (χ3n) is 4.78. The molecule has 0 spiro atoms. The Morgan fingerprint density at radius 3 is 1.61 bits per heavy atom. The molecule has 6 nitrogen and oxygen atoms in total. The number of unbranched alkanes of at least 4 members (excludes halogenated alkanes) is 11. The van der Waals surface area contributed by atoms with Crippen LogP contribution in [0.3, 0.4) is 0 Å². The van der Waals surface area contributed by atoms with Crippen LogP contribution in [-0.4, -0.2) is 34.3 Å². The molecule has 7 heteroatoms. The van der Waals surface area contributed by atoms with Gasteiger partial charge in [-0.1, -0.05) is 76.2 Å². The maximum absolute atomic E-state index is 11.7. The number of amides is 1.